The van der Waals surface area contributed by atoms with Crippen LogP contribution in [0.4, 0.5) is 0 Å². The van der Waals surface area contributed by atoms with Gasteiger partial charge in [0.05, 0.1) is 20.8 Å². The maximum absolute atomic E-state index is 11.5. The Bertz CT molecular complexity index is 379. The lowest BCUT2D eigenvalue weighted by molar-refractivity contribution is 0.0596. The van der Waals surface area contributed by atoms with Gasteiger partial charge in [0.2, 0.25) is 0 Å². The van der Waals surface area contributed by atoms with Gasteiger partial charge in [0.25, 0.3) is 0 Å². The number of rotatable bonds is 6. The van der Waals surface area contributed by atoms with Crippen molar-refractivity contribution in [2.24, 2.45) is 5.73 Å². The highest BCUT2D eigenvalue weighted by molar-refractivity contribution is 5.92. The Hall–Kier alpha value is -1.75. The van der Waals surface area contributed by atoms with Gasteiger partial charge in [0, 0.05) is 0 Å². The molecular weight excluding hydrogens is 222 g/mol. The normalized spacial score (nSPS) is 9.82. The van der Waals surface area contributed by atoms with Crippen molar-refractivity contribution in [1.82, 2.24) is 0 Å². The van der Waals surface area contributed by atoms with E-state index in [2.05, 4.69) is 4.74 Å². The van der Waals surface area contributed by atoms with E-state index in [9.17, 15) is 4.79 Å². The molecule has 1 rings (SSSR count). The van der Waals surface area contributed by atoms with E-state index in [4.69, 9.17) is 15.2 Å². The lowest BCUT2D eigenvalue weighted by Crippen LogP contribution is -2.08. The summed E-state index contributed by atoms with van der Waals surface area (Å²) in [5.41, 5.74) is 5.71. The van der Waals surface area contributed by atoms with Gasteiger partial charge < -0.3 is 19.9 Å². The van der Waals surface area contributed by atoms with Crippen LogP contribution in [0.15, 0.2) is 18.2 Å². The average molecular weight is 239 g/mol. The van der Waals surface area contributed by atoms with Crippen LogP contribution in [0.2, 0.25) is 0 Å². The lowest BCUT2D eigenvalue weighted by atomic mass is 10.2. The summed E-state index contributed by atoms with van der Waals surface area (Å²) in [6, 6.07) is 5.01. The Balaban J connectivity index is 2.85. The zero-order valence-corrected chi connectivity index (χ0v) is 10.1. The number of carbonyl (C=O) groups excluding carboxylic acids is 1. The average Bonchev–Trinajstić information content (AvgIpc) is 2.38. The zero-order valence-electron chi connectivity index (χ0n) is 10.1. The molecule has 0 saturated carbocycles. The molecule has 94 valence electrons. The molecular formula is C12H17NO4. The van der Waals surface area contributed by atoms with E-state index in [1.165, 1.54) is 14.2 Å². The van der Waals surface area contributed by atoms with E-state index in [1.54, 1.807) is 18.2 Å². The van der Waals surface area contributed by atoms with Gasteiger partial charge in [-0.05, 0) is 31.2 Å². The Morgan fingerprint density at radius 1 is 1.35 bits per heavy atom. The molecule has 0 aliphatic rings. The van der Waals surface area contributed by atoms with Crippen LogP contribution in [-0.4, -0.2) is 33.3 Å². The van der Waals surface area contributed by atoms with Crippen LogP contribution in [0.25, 0.3) is 0 Å². The fraction of sp³-hybridized carbons (Fsp3) is 0.417. The van der Waals surface area contributed by atoms with E-state index in [1.807, 2.05) is 0 Å². The number of ether oxygens (including phenoxy) is 3. The highest BCUT2D eigenvalue weighted by Crippen LogP contribution is 2.24. The maximum Gasteiger partial charge on any atom is 0.341 e. The highest BCUT2D eigenvalue weighted by Gasteiger charge is 2.13. The molecule has 0 aromatic heterocycles. The second kappa shape index (κ2) is 6.75. The van der Waals surface area contributed by atoms with Crippen LogP contribution in [-0.2, 0) is 4.74 Å². The molecule has 0 unspecified atom stereocenters. The molecule has 0 bridgehead atoms. The Kier molecular flexibility index (Phi) is 5.29. The van der Waals surface area contributed by atoms with E-state index in [0.717, 1.165) is 6.42 Å². The summed E-state index contributed by atoms with van der Waals surface area (Å²) in [6.07, 6.45) is 0.763. The van der Waals surface area contributed by atoms with Crippen LogP contribution in [0.3, 0.4) is 0 Å². The van der Waals surface area contributed by atoms with E-state index in [0.29, 0.717) is 30.2 Å². The van der Waals surface area contributed by atoms with Crippen molar-refractivity contribution in [3.63, 3.8) is 0 Å². The standard InChI is InChI=1S/C12H17NO4/c1-15-11-5-4-9(17-7-3-6-13)8-10(11)12(14)16-2/h4-5,8H,3,6-7,13H2,1-2H3. The molecule has 0 spiro atoms. The number of esters is 1. The van der Waals surface area contributed by atoms with Gasteiger partial charge in [-0.3, -0.25) is 0 Å². The van der Waals surface area contributed by atoms with E-state index >= 15 is 0 Å². The molecule has 0 atom stereocenters. The molecule has 5 nitrogen and oxygen atoms in total. The molecule has 1 aromatic carbocycles. The third-order valence-electron chi connectivity index (χ3n) is 2.19. The molecule has 0 saturated heterocycles. The second-order valence-corrected chi connectivity index (χ2v) is 3.34. The minimum atomic E-state index is -0.453. The van der Waals surface area contributed by atoms with Gasteiger partial charge in [0.1, 0.15) is 17.1 Å². The number of benzene rings is 1. The summed E-state index contributed by atoms with van der Waals surface area (Å²) in [7, 11) is 2.82. The molecule has 0 amide bonds. The minimum Gasteiger partial charge on any atom is -0.496 e. The number of methoxy groups -OCH3 is 2. The van der Waals surface area contributed by atoms with Crippen molar-refractivity contribution in [2.45, 2.75) is 6.42 Å². The molecule has 0 fully saturated rings. The van der Waals surface area contributed by atoms with Crippen LogP contribution in [0.1, 0.15) is 16.8 Å². The predicted octanol–water partition coefficient (Wildman–Crippen LogP) is 1.21. The zero-order chi connectivity index (χ0) is 12.7. The molecule has 0 radical (unpaired) electrons. The second-order valence-electron chi connectivity index (χ2n) is 3.34. The monoisotopic (exact) mass is 239 g/mol. The molecule has 1 aromatic rings. The summed E-state index contributed by atoms with van der Waals surface area (Å²) in [6.45, 7) is 1.09. The molecule has 2 N–H and O–H groups in total. The first-order valence-corrected chi connectivity index (χ1v) is 5.32. The molecule has 17 heavy (non-hydrogen) atoms. The summed E-state index contributed by atoms with van der Waals surface area (Å²) < 4.78 is 15.2. The first kappa shape index (κ1) is 13.3. The van der Waals surface area contributed by atoms with Crippen molar-refractivity contribution in [3.05, 3.63) is 23.8 Å². The van der Waals surface area contributed by atoms with E-state index < -0.39 is 5.97 Å². The van der Waals surface area contributed by atoms with Gasteiger partial charge in [-0.25, -0.2) is 4.79 Å². The van der Waals surface area contributed by atoms with Gasteiger partial charge in [0.15, 0.2) is 0 Å². The molecule has 0 heterocycles. The Morgan fingerprint density at radius 3 is 2.71 bits per heavy atom. The summed E-state index contributed by atoms with van der Waals surface area (Å²) >= 11 is 0. The largest absolute Gasteiger partial charge is 0.496 e. The summed E-state index contributed by atoms with van der Waals surface area (Å²) in [5.74, 6) is 0.605. The number of nitrogens with two attached hydrogens (primary N) is 1. The first-order valence-electron chi connectivity index (χ1n) is 5.32. The third-order valence-corrected chi connectivity index (χ3v) is 2.19. The summed E-state index contributed by atoms with van der Waals surface area (Å²) in [4.78, 5) is 11.5. The molecule has 5 heteroatoms. The quantitative estimate of drug-likeness (QED) is 0.596. The van der Waals surface area contributed by atoms with Crippen molar-refractivity contribution in [1.29, 1.82) is 0 Å². The van der Waals surface area contributed by atoms with Crippen molar-refractivity contribution >= 4 is 5.97 Å². The topological polar surface area (TPSA) is 70.8 Å². The molecule has 0 aliphatic carbocycles. The van der Waals surface area contributed by atoms with Gasteiger partial charge >= 0.3 is 5.97 Å². The third kappa shape index (κ3) is 3.64. The summed E-state index contributed by atoms with van der Waals surface area (Å²) in [5, 5.41) is 0. The predicted molar refractivity (Wildman–Crippen MR) is 63.5 cm³/mol. The van der Waals surface area contributed by atoms with Crippen LogP contribution >= 0.6 is 0 Å². The fourth-order valence-corrected chi connectivity index (χ4v) is 1.32. The smallest absolute Gasteiger partial charge is 0.341 e. The fourth-order valence-electron chi connectivity index (χ4n) is 1.32. The van der Waals surface area contributed by atoms with Crippen molar-refractivity contribution < 1.29 is 19.0 Å². The van der Waals surface area contributed by atoms with Gasteiger partial charge in [-0.1, -0.05) is 0 Å². The molecule has 0 aliphatic heterocycles. The van der Waals surface area contributed by atoms with Crippen LogP contribution < -0.4 is 15.2 Å². The number of carbonyl (C=O) groups is 1. The van der Waals surface area contributed by atoms with Crippen molar-refractivity contribution in [2.75, 3.05) is 27.4 Å². The minimum absolute atomic E-state index is 0.347. The van der Waals surface area contributed by atoms with Gasteiger partial charge in [-0.15, -0.1) is 0 Å². The lowest BCUT2D eigenvalue weighted by Gasteiger charge is -2.10. The highest BCUT2D eigenvalue weighted by atomic mass is 16.5. The SMILES string of the molecule is COC(=O)c1cc(OCCCN)ccc1OC. The van der Waals surface area contributed by atoms with Crippen molar-refractivity contribution in [3.8, 4) is 11.5 Å². The number of hydrogen-bond donors (Lipinski definition) is 1. The van der Waals surface area contributed by atoms with E-state index in [-0.39, 0.29) is 0 Å². The number of hydrogen-bond acceptors (Lipinski definition) is 5. The maximum atomic E-state index is 11.5. The van der Waals surface area contributed by atoms with Gasteiger partial charge in [-0.2, -0.15) is 0 Å². The Labute approximate surface area is 100 Å². The van der Waals surface area contributed by atoms with Crippen LogP contribution in [0, 0.1) is 0 Å². The Morgan fingerprint density at radius 2 is 2.12 bits per heavy atom. The van der Waals surface area contributed by atoms with Crippen LogP contribution in [0.5, 0.6) is 11.5 Å². The first-order chi connectivity index (χ1) is 8.22.